The maximum absolute atomic E-state index is 12.8. The van der Waals surface area contributed by atoms with Gasteiger partial charge in [-0.15, -0.1) is 0 Å². The van der Waals surface area contributed by atoms with E-state index in [1.165, 1.54) is 12.3 Å². The van der Waals surface area contributed by atoms with Gasteiger partial charge in [0.05, 0.1) is 5.56 Å². The van der Waals surface area contributed by atoms with Crippen molar-refractivity contribution < 1.29 is 18.0 Å². The highest BCUT2D eigenvalue weighted by Gasteiger charge is 2.33. The Kier molecular flexibility index (Phi) is 6.01. The lowest BCUT2D eigenvalue weighted by atomic mass is 10.0. The van der Waals surface area contributed by atoms with Gasteiger partial charge in [-0.2, -0.15) is 13.2 Å². The third kappa shape index (κ3) is 5.20. The van der Waals surface area contributed by atoms with Crippen molar-refractivity contribution in [2.75, 3.05) is 18.4 Å². The Labute approximate surface area is 144 Å². The maximum Gasteiger partial charge on any atom is 0.419 e. The van der Waals surface area contributed by atoms with Crippen LogP contribution in [0.3, 0.4) is 0 Å². The van der Waals surface area contributed by atoms with Crippen LogP contribution in [-0.4, -0.2) is 24.0 Å². The number of nitrogens with zero attached hydrogens (tertiary/aromatic N) is 1. The molecular formula is C18H20F3N3O. The molecule has 7 heteroatoms. The van der Waals surface area contributed by atoms with Gasteiger partial charge in [0.15, 0.2) is 0 Å². The summed E-state index contributed by atoms with van der Waals surface area (Å²) in [7, 11) is 0. The van der Waals surface area contributed by atoms with Gasteiger partial charge in [0.25, 0.3) is 5.91 Å². The Hall–Kier alpha value is -2.57. The van der Waals surface area contributed by atoms with Crippen molar-refractivity contribution in [1.82, 2.24) is 10.3 Å². The number of aromatic nitrogens is 1. The summed E-state index contributed by atoms with van der Waals surface area (Å²) >= 11 is 0. The maximum atomic E-state index is 12.8. The molecule has 0 fully saturated rings. The van der Waals surface area contributed by atoms with Crippen molar-refractivity contribution in [1.29, 1.82) is 0 Å². The summed E-state index contributed by atoms with van der Waals surface area (Å²) in [5, 5.41) is 5.27. The lowest BCUT2D eigenvalue weighted by Gasteiger charge is -2.13. The number of halogens is 3. The second kappa shape index (κ2) is 8.00. The van der Waals surface area contributed by atoms with Crippen LogP contribution in [0.5, 0.6) is 0 Å². The zero-order chi connectivity index (χ0) is 18.4. The summed E-state index contributed by atoms with van der Waals surface area (Å²) in [6.45, 7) is 4.44. The summed E-state index contributed by atoms with van der Waals surface area (Å²) in [5.41, 5.74) is 0.817. The van der Waals surface area contributed by atoms with Crippen molar-refractivity contribution in [2.24, 2.45) is 0 Å². The first-order valence-electron chi connectivity index (χ1n) is 7.93. The second-order valence-corrected chi connectivity index (χ2v) is 5.86. The van der Waals surface area contributed by atoms with E-state index < -0.39 is 11.7 Å². The number of carbonyl (C=O) groups excluding carboxylic acids is 1. The van der Waals surface area contributed by atoms with Crippen molar-refractivity contribution in [2.45, 2.75) is 25.9 Å². The number of carbonyl (C=O) groups is 1. The van der Waals surface area contributed by atoms with Gasteiger partial charge in [-0.3, -0.25) is 4.79 Å². The molecule has 134 valence electrons. The molecule has 1 heterocycles. The van der Waals surface area contributed by atoms with Gasteiger partial charge in [-0.1, -0.05) is 26.0 Å². The monoisotopic (exact) mass is 351 g/mol. The van der Waals surface area contributed by atoms with Crippen LogP contribution < -0.4 is 10.6 Å². The number of nitrogens with one attached hydrogen (secondary N) is 2. The molecule has 0 saturated carbocycles. The van der Waals surface area contributed by atoms with E-state index in [1.54, 1.807) is 12.1 Å². The lowest BCUT2D eigenvalue weighted by molar-refractivity contribution is -0.137. The van der Waals surface area contributed by atoms with E-state index in [0.717, 1.165) is 11.6 Å². The van der Waals surface area contributed by atoms with E-state index in [9.17, 15) is 18.0 Å². The van der Waals surface area contributed by atoms with Crippen molar-refractivity contribution in [3.63, 3.8) is 0 Å². The fraction of sp³-hybridized carbons (Fsp3) is 0.333. The Morgan fingerprint density at radius 1 is 1.12 bits per heavy atom. The number of anilines is 1. The standard InChI is InChI=1S/C18H20F3N3O/c1-12(2)13-5-7-14(8-6-13)17(25)24-11-10-23-16-15(18(19,20)21)4-3-9-22-16/h3-9,12H,10-11H2,1-2H3,(H,22,23)(H,24,25). The van der Waals surface area contributed by atoms with E-state index in [-0.39, 0.29) is 24.8 Å². The van der Waals surface area contributed by atoms with E-state index in [0.29, 0.717) is 11.5 Å². The van der Waals surface area contributed by atoms with Gasteiger partial charge in [0.2, 0.25) is 0 Å². The molecule has 1 aromatic carbocycles. The molecule has 0 atom stereocenters. The van der Waals surface area contributed by atoms with Crippen LogP contribution in [0.15, 0.2) is 42.6 Å². The topological polar surface area (TPSA) is 54.0 Å². The number of alkyl halides is 3. The van der Waals surface area contributed by atoms with Crippen LogP contribution in [0.25, 0.3) is 0 Å². The van der Waals surface area contributed by atoms with Gasteiger partial charge < -0.3 is 10.6 Å². The highest BCUT2D eigenvalue weighted by molar-refractivity contribution is 5.94. The number of hydrogen-bond acceptors (Lipinski definition) is 3. The minimum absolute atomic E-state index is 0.135. The predicted molar refractivity (Wildman–Crippen MR) is 90.6 cm³/mol. The second-order valence-electron chi connectivity index (χ2n) is 5.86. The van der Waals surface area contributed by atoms with Crippen LogP contribution in [0.4, 0.5) is 19.0 Å². The van der Waals surface area contributed by atoms with Gasteiger partial charge in [0, 0.05) is 24.8 Å². The average Bonchev–Trinajstić information content (AvgIpc) is 2.58. The molecule has 4 nitrogen and oxygen atoms in total. The van der Waals surface area contributed by atoms with Crippen LogP contribution in [0.1, 0.15) is 41.3 Å². The SMILES string of the molecule is CC(C)c1ccc(C(=O)NCCNc2ncccc2C(F)(F)F)cc1. The van der Waals surface area contributed by atoms with Crippen LogP contribution in [-0.2, 0) is 6.18 Å². The Morgan fingerprint density at radius 3 is 2.40 bits per heavy atom. The molecule has 0 aliphatic heterocycles. The average molecular weight is 351 g/mol. The quantitative estimate of drug-likeness (QED) is 0.772. The zero-order valence-electron chi connectivity index (χ0n) is 14.0. The Bertz CT molecular complexity index is 712. The van der Waals surface area contributed by atoms with E-state index >= 15 is 0 Å². The van der Waals surface area contributed by atoms with Crippen LogP contribution in [0, 0.1) is 0 Å². The first kappa shape index (κ1) is 18.8. The molecule has 0 aliphatic carbocycles. The molecule has 0 saturated heterocycles. The first-order valence-corrected chi connectivity index (χ1v) is 7.93. The summed E-state index contributed by atoms with van der Waals surface area (Å²) < 4.78 is 38.5. The highest BCUT2D eigenvalue weighted by Crippen LogP contribution is 2.33. The number of pyridine rings is 1. The third-order valence-electron chi connectivity index (χ3n) is 3.66. The Morgan fingerprint density at radius 2 is 1.80 bits per heavy atom. The molecule has 2 rings (SSSR count). The molecule has 1 aromatic heterocycles. The van der Waals surface area contributed by atoms with Crippen molar-refractivity contribution >= 4 is 11.7 Å². The molecular weight excluding hydrogens is 331 g/mol. The number of rotatable bonds is 6. The molecule has 2 N–H and O–H groups in total. The van der Waals surface area contributed by atoms with Gasteiger partial charge in [0.1, 0.15) is 5.82 Å². The molecule has 0 unspecified atom stereocenters. The predicted octanol–water partition coefficient (Wildman–Crippen LogP) is 4.07. The van der Waals surface area contributed by atoms with E-state index in [2.05, 4.69) is 29.5 Å². The molecule has 0 bridgehead atoms. The summed E-state index contributed by atoms with van der Waals surface area (Å²) in [6, 6.07) is 9.45. The number of amides is 1. The largest absolute Gasteiger partial charge is 0.419 e. The smallest absolute Gasteiger partial charge is 0.368 e. The van der Waals surface area contributed by atoms with E-state index in [1.807, 2.05) is 12.1 Å². The summed E-state index contributed by atoms with van der Waals surface area (Å²) in [6.07, 6.45) is -3.19. The highest BCUT2D eigenvalue weighted by atomic mass is 19.4. The molecule has 0 spiro atoms. The fourth-order valence-corrected chi connectivity index (χ4v) is 2.25. The number of hydrogen-bond donors (Lipinski definition) is 2. The Balaban J connectivity index is 1.86. The van der Waals surface area contributed by atoms with Gasteiger partial charge >= 0.3 is 6.18 Å². The molecule has 1 amide bonds. The van der Waals surface area contributed by atoms with Gasteiger partial charge in [-0.25, -0.2) is 4.98 Å². The van der Waals surface area contributed by atoms with Crippen LogP contribution in [0.2, 0.25) is 0 Å². The van der Waals surface area contributed by atoms with E-state index in [4.69, 9.17) is 0 Å². The normalized spacial score (nSPS) is 11.4. The number of benzene rings is 1. The zero-order valence-corrected chi connectivity index (χ0v) is 14.0. The molecule has 0 radical (unpaired) electrons. The third-order valence-corrected chi connectivity index (χ3v) is 3.66. The molecule has 0 aliphatic rings. The van der Waals surface area contributed by atoms with Gasteiger partial charge in [-0.05, 0) is 35.7 Å². The summed E-state index contributed by atoms with van der Waals surface area (Å²) in [5.74, 6) is -0.137. The lowest BCUT2D eigenvalue weighted by Crippen LogP contribution is -2.29. The van der Waals surface area contributed by atoms with Crippen LogP contribution >= 0.6 is 0 Å². The minimum Gasteiger partial charge on any atom is -0.368 e. The molecule has 25 heavy (non-hydrogen) atoms. The van der Waals surface area contributed by atoms with Crippen molar-refractivity contribution in [3.05, 3.63) is 59.3 Å². The minimum atomic E-state index is -4.47. The van der Waals surface area contributed by atoms with Crippen molar-refractivity contribution in [3.8, 4) is 0 Å². The summed E-state index contributed by atoms with van der Waals surface area (Å²) in [4.78, 5) is 15.7. The molecule has 2 aromatic rings. The first-order chi connectivity index (χ1) is 11.8. The fourth-order valence-electron chi connectivity index (χ4n) is 2.25.